The monoisotopic (exact) mass is 473 g/mol. The summed E-state index contributed by atoms with van der Waals surface area (Å²) in [5.41, 5.74) is 9.19. The van der Waals surface area contributed by atoms with E-state index in [-0.39, 0.29) is 12.5 Å². The van der Waals surface area contributed by atoms with Crippen LogP contribution in [0.5, 0.6) is 5.75 Å². The van der Waals surface area contributed by atoms with Crippen LogP contribution in [0.1, 0.15) is 39.7 Å². The number of thiophene rings is 1. The molecule has 6 nitrogen and oxygen atoms in total. The number of aromatic nitrogens is 1. The number of ether oxygens (including phenoxy) is 1. The molecule has 174 valence electrons. The van der Waals surface area contributed by atoms with Gasteiger partial charge in [-0.15, -0.1) is 11.3 Å². The number of hydrogen-bond acceptors (Lipinski definition) is 4. The van der Waals surface area contributed by atoms with Gasteiger partial charge in [-0.05, 0) is 54.5 Å². The molecule has 2 aromatic carbocycles. The van der Waals surface area contributed by atoms with Crippen LogP contribution >= 0.6 is 11.3 Å². The van der Waals surface area contributed by atoms with Gasteiger partial charge in [0.25, 0.3) is 5.91 Å². The first-order valence-electron chi connectivity index (χ1n) is 11.5. The number of carbonyl (C=O) groups excluding carboxylic acids is 2. The first kappa shape index (κ1) is 22.2. The van der Waals surface area contributed by atoms with Gasteiger partial charge in [-0.3, -0.25) is 9.59 Å². The van der Waals surface area contributed by atoms with E-state index in [1.54, 1.807) is 0 Å². The van der Waals surface area contributed by atoms with Crippen molar-refractivity contribution in [1.82, 2.24) is 4.57 Å². The number of benzene rings is 2. The van der Waals surface area contributed by atoms with E-state index in [1.165, 1.54) is 11.3 Å². The minimum Gasteiger partial charge on any atom is -0.488 e. The number of hydrogen-bond donors (Lipinski definition) is 2. The van der Waals surface area contributed by atoms with E-state index >= 15 is 0 Å². The van der Waals surface area contributed by atoms with Gasteiger partial charge in [-0.25, -0.2) is 0 Å². The van der Waals surface area contributed by atoms with Crippen LogP contribution in [0.2, 0.25) is 0 Å². The van der Waals surface area contributed by atoms with E-state index in [0.717, 1.165) is 51.9 Å². The van der Waals surface area contributed by atoms with Gasteiger partial charge in [-0.2, -0.15) is 0 Å². The molecule has 2 amide bonds. The van der Waals surface area contributed by atoms with Crippen molar-refractivity contribution in [2.45, 2.75) is 39.3 Å². The van der Waals surface area contributed by atoms with Crippen LogP contribution in [0, 0.1) is 5.92 Å². The Morgan fingerprint density at radius 2 is 1.97 bits per heavy atom. The van der Waals surface area contributed by atoms with E-state index in [0.29, 0.717) is 23.1 Å². The number of amides is 2. The molecule has 1 aliphatic rings. The maximum absolute atomic E-state index is 13.0. The van der Waals surface area contributed by atoms with E-state index in [2.05, 4.69) is 12.2 Å². The topological polar surface area (TPSA) is 86.3 Å². The Kier molecular flexibility index (Phi) is 6.11. The zero-order valence-electron chi connectivity index (χ0n) is 19.0. The van der Waals surface area contributed by atoms with Crippen molar-refractivity contribution in [3.8, 4) is 5.75 Å². The molecule has 7 heteroatoms. The highest BCUT2D eigenvalue weighted by molar-refractivity contribution is 7.17. The molecule has 0 aliphatic heterocycles. The Morgan fingerprint density at radius 1 is 1.15 bits per heavy atom. The highest BCUT2D eigenvalue weighted by Gasteiger charge is 2.27. The number of nitrogens with one attached hydrogen (secondary N) is 1. The summed E-state index contributed by atoms with van der Waals surface area (Å²) >= 11 is 1.48. The maximum atomic E-state index is 13.0. The van der Waals surface area contributed by atoms with Crippen LogP contribution in [0.3, 0.4) is 0 Å². The number of anilines is 1. The number of nitrogens with zero attached hydrogens (tertiary/aromatic N) is 1. The SMILES string of the molecule is CC1CCc2c(sc(NC(=O)Cn3ccc4c(OCc5ccccc5)cccc43)c2C(N)=O)C1. The molecule has 2 aromatic heterocycles. The van der Waals surface area contributed by atoms with Crippen molar-refractivity contribution in [2.75, 3.05) is 5.32 Å². The number of carbonyl (C=O) groups is 2. The summed E-state index contributed by atoms with van der Waals surface area (Å²) in [6.07, 6.45) is 4.66. The van der Waals surface area contributed by atoms with Crippen molar-refractivity contribution in [2.24, 2.45) is 11.7 Å². The molecule has 2 heterocycles. The first-order chi connectivity index (χ1) is 16.5. The third kappa shape index (κ3) is 4.43. The van der Waals surface area contributed by atoms with Crippen molar-refractivity contribution in [3.63, 3.8) is 0 Å². The molecule has 1 unspecified atom stereocenters. The highest BCUT2D eigenvalue weighted by atomic mass is 32.1. The first-order valence-corrected chi connectivity index (χ1v) is 12.3. The fraction of sp³-hybridized carbons (Fsp3) is 0.259. The fourth-order valence-corrected chi connectivity index (χ4v) is 6.05. The Bertz CT molecular complexity index is 1360. The molecule has 5 rings (SSSR count). The molecule has 0 saturated heterocycles. The summed E-state index contributed by atoms with van der Waals surface area (Å²) in [5, 5.41) is 4.47. The molecule has 3 N–H and O–H groups in total. The summed E-state index contributed by atoms with van der Waals surface area (Å²) in [7, 11) is 0. The summed E-state index contributed by atoms with van der Waals surface area (Å²) in [4.78, 5) is 26.3. The maximum Gasteiger partial charge on any atom is 0.251 e. The van der Waals surface area contributed by atoms with Crippen LogP contribution in [-0.2, 0) is 30.8 Å². The number of rotatable bonds is 7. The Morgan fingerprint density at radius 3 is 2.76 bits per heavy atom. The molecule has 34 heavy (non-hydrogen) atoms. The standard InChI is InChI=1S/C27H27N3O3S/c1-17-10-11-20-23(14-17)34-27(25(20)26(28)32)29-24(31)15-30-13-12-19-21(30)8-5-9-22(19)33-16-18-6-3-2-4-7-18/h2-9,12-13,17H,10-11,14-16H2,1H3,(H2,28,32)(H,29,31). The highest BCUT2D eigenvalue weighted by Crippen LogP contribution is 2.39. The Hall–Kier alpha value is -3.58. The van der Waals surface area contributed by atoms with E-state index in [9.17, 15) is 9.59 Å². The summed E-state index contributed by atoms with van der Waals surface area (Å²) < 4.78 is 7.94. The van der Waals surface area contributed by atoms with Crippen molar-refractivity contribution in [1.29, 1.82) is 0 Å². The Balaban J connectivity index is 1.33. The molecule has 0 fully saturated rings. The lowest BCUT2D eigenvalue weighted by Gasteiger charge is -2.18. The molecule has 1 atom stereocenters. The van der Waals surface area contributed by atoms with E-state index in [4.69, 9.17) is 10.5 Å². The smallest absolute Gasteiger partial charge is 0.251 e. The zero-order chi connectivity index (χ0) is 23.7. The molecule has 0 spiro atoms. The quantitative estimate of drug-likeness (QED) is 0.389. The van der Waals surface area contributed by atoms with Crippen LogP contribution in [-0.4, -0.2) is 16.4 Å². The van der Waals surface area contributed by atoms with Crippen molar-refractivity contribution >= 4 is 39.1 Å². The predicted molar refractivity (Wildman–Crippen MR) is 135 cm³/mol. The molecular formula is C27H27N3O3S. The number of primary amides is 1. The van der Waals surface area contributed by atoms with E-state index in [1.807, 2.05) is 65.4 Å². The molecular weight excluding hydrogens is 446 g/mol. The van der Waals surface area contributed by atoms with Crippen LogP contribution in [0.25, 0.3) is 10.9 Å². The number of fused-ring (bicyclic) bond motifs is 2. The summed E-state index contributed by atoms with van der Waals surface area (Å²) in [6, 6.07) is 17.8. The van der Waals surface area contributed by atoms with Gasteiger partial charge in [0.15, 0.2) is 0 Å². The van der Waals surface area contributed by atoms with Gasteiger partial charge < -0.3 is 20.4 Å². The fourth-order valence-electron chi connectivity index (χ4n) is 4.61. The molecule has 0 radical (unpaired) electrons. The van der Waals surface area contributed by atoms with Crippen molar-refractivity contribution in [3.05, 3.63) is 82.4 Å². The van der Waals surface area contributed by atoms with Gasteiger partial charge in [0, 0.05) is 16.5 Å². The number of nitrogens with two attached hydrogens (primary N) is 1. The minimum atomic E-state index is -0.478. The summed E-state index contributed by atoms with van der Waals surface area (Å²) in [5.74, 6) is 0.674. The van der Waals surface area contributed by atoms with Crippen molar-refractivity contribution < 1.29 is 14.3 Å². The average molecular weight is 474 g/mol. The second-order valence-electron chi connectivity index (χ2n) is 8.88. The van der Waals surface area contributed by atoms with Gasteiger partial charge in [0.05, 0.1) is 11.1 Å². The molecule has 0 bridgehead atoms. The third-order valence-electron chi connectivity index (χ3n) is 6.34. The van der Waals surface area contributed by atoms with Crippen LogP contribution in [0.4, 0.5) is 5.00 Å². The van der Waals surface area contributed by atoms with E-state index < -0.39 is 5.91 Å². The van der Waals surface area contributed by atoms with Gasteiger partial charge in [0.2, 0.25) is 5.91 Å². The average Bonchev–Trinajstić information content (AvgIpc) is 3.39. The minimum absolute atomic E-state index is 0.128. The molecule has 1 aliphatic carbocycles. The van der Waals surface area contributed by atoms with Gasteiger partial charge >= 0.3 is 0 Å². The molecule has 4 aromatic rings. The zero-order valence-corrected chi connectivity index (χ0v) is 19.9. The Labute approximate surface area is 202 Å². The largest absolute Gasteiger partial charge is 0.488 e. The van der Waals surface area contributed by atoms with Crippen LogP contribution in [0.15, 0.2) is 60.8 Å². The molecule has 0 saturated carbocycles. The third-order valence-corrected chi connectivity index (χ3v) is 7.51. The predicted octanol–water partition coefficient (Wildman–Crippen LogP) is 5.14. The second kappa shape index (κ2) is 9.35. The van der Waals surface area contributed by atoms with Gasteiger partial charge in [-0.1, -0.05) is 43.3 Å². The normalized spacial score (nSPS) is 15.1. The lowest BCUT2D eigenvalue weighted by Crippen LogP contribution is -2.21. The van der Waals surface area contributed by atoms with Crippen LogP contribution < -0.4 is 15.8 Å². The second-order valence-corrected chi connectivity index (χ2v) is 9.98. The summed E-state index contributed by atoms with van der Waals surface area (Å²) in [6.45, 7) is 2.81. The lowest BCUT2D eigenvalue weighted by atomic mass is 9.88. The lowest BCUT2D eigenvalue weighted by molar-refractivity contribution is -0.116. The van der Waals surface area contributed by atoms with Gasteiger partial charge in [0.1, 0.15) is 23.9 Å².